The smallest absolute Gasteiger partial charge is 0.122 e. The summed E-state index contributed by atoms with van der Waals surface area (Å²) in [5, 5.41) is 0. The molecule has 2 nitrogen and oxygen atoms in total. The Morgan fingerprint density at radius 2 is 1.94 bits per heavy atom. The lowest BCUT2D eigenvalue weighted by Crippen LogP contribution is -2.13. The van der Waals surface area contributed by atoms with Gasteiger partial charge in [-0.15, -0.1) is 0 Å². The van der Waals surface area contributed by atoms with E-state index in [1.165, 1.54) is 17.5 Å². The van der Waals surface area contributed by atoms with Crippen molar-refractivity contribution < 1.29 is 4.74 Å². The quantitative estimate of drug-likeness (QED) is 0.730. The monoisotopic (exact) mass is 249 g/mol. The van der Waals surface area contributed by atoms with Crippen LogP contribution in [0, 0.1) is 0 Å². The summed E-state index contributed by atoms with van der Waals surface area (Å²) in [5.74, 6) is 1.56. The third-order valence-corrected chi connectivity index (χ3v) is 3.07. The Morgan fingerprint density at radius 1 is 1.22 bits per heavy atom. The summed E-state index contributed by atoms with van der Waals surface area (Å²) in [6, 6.07) is 6.64. The van der Waals surface area contributed by atoms with E-state index in [1.807, 2.05) is 6.92 Å². The number of benzene rings is 1. The van der Waals surface area contributed by atoms with E-state index in [2.05, 4.69) is 51.0 Å². The molecule has 0 atom stereocenters. The highest BCUT2D eigenvalue weighted by molar-refractivity contribution is 5.39. The van der Waals surface area contributed by atoms with Gasteiger partial charge in [-0.3, -0.25) is 0 Å². The highest BCUT2D eigenvalue weighted by Crippen LogP contribution is 2.28. The van der Waals surface area contributed by atoms with Crippen LogP contribution in [0.4, 0.5) is 0 Å². The SMILES string of the molecule is CCOc1ccc(CCCN(C)C)cc1C(C)C. The molecular weight excluding hydrogens is 222 g/mol. The second kappa shape index (κ2) is 7.42. The van der Waals surface area contributed by atoms with E-state index in [0.29, 0.717) is 5.92 Å². The summed E-state index contributed by atoms with van der Waals surface area (Å²) in [7, 11) is 4.25. The van der Waals surface area contributed by atoms with Crippen molar-refractivity contribution in [2.75, 3.05) is 27.2 Å². The summed E-state index contributed by atoms with van der Waals surface area (Å²) in [4.78, 5) is 2.23. The second-order valence-electron chi connectivity index (χ2n) is 5.37. The van der Waals surface area contributed by atoms with E-state index in [-0.39, 0.29) is 0 Å². The maximum atomic E-state index is 5.69. The van der Waals surface area contributed by atoms with E-state index >= 15 is 0 Å². The molecule has 2 heteroatoms. The molecule has 1 aromatic rings. The predicted molar refractivity (Wildman–Crippen MR) is 78.6 cm³/mol. The molecule has 0 spiro atoms. The molecule has 0 saturated heterocycles. The Balaban J connectivity index is 2.73. The number of nitrogens with zero attached hydrogens (tertiary/aromatic N) is 1. The zero-order valence-electron chi connectivity index (χ0n) is 12.5. The number of aryl methyl sites for hydroxylation is 1. The molecule has 0 radical (unpaired) electrons. The zero-order valence-corrected chi connectivity index (χ0v) is 12.5. The van der Waals surface area contributed by atoms with Gasteiger partial charge in [0.15, 0.2) is 0 Å². The molecule has 0 aliphatic rings. The van der Waals surface area contributed by atoms with Gasteiger partial charge in [0.1, 0.15) is 5.75 Å². The largest absolute Gasteiger partial charge is 0.494 e. The molecule has 0 fully saturated rings. The van der Waals surface area contributed by atoms with E-state index in [0.717, 1.165) is 25.3 Å². The highest BCUT2D eigenvalue weighted by atomic mass is 16.5. The molecule has 0 amide bonds. The van der Waals surface area contributed by atoms with Crippen molar-refractivity contribution in [3.8, 4) is 5.75 Å². The van der Waals surface area contributed by atoms with Crippen molar-refractivity contribution in [1.82, 2.24) is 4.90 Å². The fourth-order valence-electron chi connectivity index (χ4n) is 2.09. The van der Waals surface area contributed by atoms with Crippen molar-refractivity contribution >= 4 is 0 Å². The predicted octanol–water partition coefficient (Wildman–Crippen LogP) is 3.70. The Hall–Kier alpha value is -1.02. The maximum Gasteiger partial charge on any atom is 0.122 e. The number of hydrogen-bond acceptors (Lipinski definition) is 2. The molecule has 0 heterocycles. The Bertz CT molecular complexity index is 358. The van der Waals surface area contributed by atoms with E-state index in [1.54, 1.807) is 0 Å². The van der Waals surface area contributed by atoms with Gasteiger partial charge < -0.3 is 9.64 Å². The third kappa shape index (κ3) is 4.69. The first-order chi connectivity index (χ1) is 8.54. The fraction of sp³-hybridized carbons (Fsp3) is 0.625. The molecule has 0 saturated carbocycles. The standard InChI is InChI=1S/C16H27NO/c1-6-18-16-10-9-14(8-7-11-17(4)5)12-15(16)13(2)3/h9-10,12-13H,6-8,11H2,1-5H3. The molecule has 0 N–H and O–H groups in total. The average Bonchev–Trinajstić information content (AvgIpc) is 2.30. The van der Waals surface area contributed by atoms with Gasteiger partial charge in [-0.25, -0.2) is 0 Å². The van der Waals surface area contributed by atoms with Crippen molar-refractivity contribution in [1.29, 1.82) is 0 Å². The van der Waals surface area contributed by atoms with Crippen LogP contribution in [0.15, 0.2) is 18.2 Å². The molecule has 1 rings (SSSR count). The lowest BCUT2D eigenvalue weighted by Gasteiger charge is -2.15. The first-order valence-electron chi connectivity index (χ1n) is 6.95. The minimum atomic E-state index is 0.514. The molecule has 0 aliphatic heterocycles. The average molecular weight is 249 g/mol. The van der Waals surface area contributed by atoms with Gasteiger partial charge >= 0.3 is 0 Å². The highest BCUT2D eigenvalue weighted by Gasteiger charge is 2.08. The third-order valence-electron chi connectivity index (χ3n) is 3.07. The van der Waals surface area contributed by atoms with Crippen LogP contribution >= 0.6 is 0 Å². The molecule has 18 heavy (non-hydrogen) atoms. The van der Waals surface area contributed by atoms with Gasteiger partial charge in [-0.2, -0.15) is 0 Å². The first-order valence-corrected chi connectivity index (χ1v) is 6.95. The van der Waals surface area contributed by atoms with Crippen LogP contribution in [0.2, 0.25) is 0 Å². The van der Waals surface area contributed by atoms with Gasteiger partial charge in [0.05, 0.1) is 6.61 Å². The number of ether oxygens (including phenoxy) is 1. The van der Waals surface area contributed by atoms with E-state index in [4.69, 9.17) is 4.74 Å². The Kier molecular flexibility index (Phi) is 6.20. The summed E-state index contributed by atoms with van der Waals surface area (Å²) < 4.78 is 5.69. The van der Waals surface area contributed by atoms with Gasteiger partial charge in [0.2, 0.25) is 0 Å². The summed E-state index contributed by atoms with van der Waals surface area (Å²) in [6.07, 6.45) is 2.35. The topological polar surface area (TPSA) is 12.5 Å². The molecule has 0 aromatic heterocycles. The fourth-order valence-corrected chi connectivity index (χ4v) is 2.09. The van der Waals surface area contributed by atoms with Crippen molar-refractivity contribution in [3.05, 3.63) is 29.3 Å². The minimum Gasteiger partial charge on any atom is -0.494 e. The van der Waals surface area contributed by atoms with E-state index in [9.17, 15) is 0 Å². The van der Waals surface area contributed by atoms with Crippen LogP contribution in [-0.2, 0) is 6.42 Å². The summed E-state index contributed by atoms with van der Waals surface area (Å²) in [6.45, 7) is 8.36. The summed E-state index contributed by atoms with van der Waals surface area (Å²) >= 11 is 0. The molecule has 0 unspecified atom stereocenters. The van der Waals surface area contributed by atoms with Crippen LogP contribution in [0.5, 0.6) is 5.75 Å². The normalized spacial score (nSPS) is 11.3. The van der Waals surface area contributed by atoms with Crippen molar-refractivity contribution in [2.24, 2.45) is 0 Å². The van der Waals surface area contributed by atoms with Crippen LogP contribution in [-0.4, -0.2) is 32.1 Å². The molecule has 1 aromatic carbocycles. The van der Waals surface area contributed by atoms with Crippen molar-refractivity contribution in [3.63, 3.8) is 0 Å². The van der Waals surface area contributed by atoms with Crippen molar-refractivity contribution in [2.45, 2.75) is 39.5 Å². The molecule has 0 aliphatic carbocycles. The van der Waals surface area contributed by atoms with Gasteiger partial charge in [-0.05, 0) is 63.5 Å². The van der Waals surface area contributed by atoms with Crippen LogP contribution in [0.3, 0.4) is 0 Å². The van der Waals surface area contributed by atoms with Gasteiger partial charge in [0.25, 0.3) is 0 Å². The Labute approximate surface area is 112 Å². The number of rotatable bonds is 7. The lowest BCUT2D eigenvalue weighted by molar-refractivity contribution is 0.335. The second-order valence-corrected chi connectivity index (χ2v) is 5.37. The molecular formula is C16H27NO. The molecule has 0 bridgehead atoms. The van der Waals surface area contributed by atoms with Crippen LogP contribution in [0.1, 0.15) is 44.2 Å². The first kappa shape index (κ1) is 15.0. The maximum absolute atomic E-state index is 5.69. The minimum absolute atomic E-state index is 0.514. The van der Waals surface area contributed by atoms with Gasteiger partial charge in [-0.1, -0.05) is 26.0 Å². The summed E-state index contributed by atoms with van der Waals surface area (Å²) in [5.41, 5.74) is 2.75. The van der Waals surface area contributed by atoms with Crippen LogP contribution < -0.4 is 4.74 Å². The Morgan fingerprint density at radius 3 is 2.50 bits per heavy atom. The van der Waals surface area contributed by atoms with E-state index < -0.39 is 0 Å². The lowest BCUT2D eigenvalue weighted by atomic mass is 9.98. The number of hydrogen-bond donors (Lipinski definition) is 0. The molecule has 102 valence electrons. The van der Waals surface area contributed by atoms with Gasteiger partial charge in [0, 0.05) is 0 Å². The van der Waals surface area contributed by atoms with Crippen LogP contribution in [0.25, 0.3) is 0 Å². The zero-order chi connectivity index (χ0) is 13.5.